The minimum Gasteiger partial charge on any atom is -0.508 e. The number of aromatic hydroxyl groups is 1. The summed E-state index contributed by atoms with van der Waals surface area (Å²) in [6, 6.07) is 4.79. The number of hydrogen-bond donors (Lipinski definition) is 2. The smallest absolute Gasteiger partial charge is 0.323 e. The second-order valence-electron chi connectivity index (χ2n) is 5.86. The molecule has 0 aliphatic carbocycles. The molecule has 1 fully saturated rings. The molecule has 22 heavy (non-hydrogen) atoms. The number of rotatable bonds is 6. The Morgan fingerprint density at radius 1 is 1.36 bits per heavy atom. The van der Waals surface area contributed by atoms with Crippen molar-refractivity contribution in [2.45, 2.75) is 45.2 Å². The van der Waals surface area contributed by atoms with Crippen molar-refractivity contribution in [2.24, 2.45) is 5.73 Å². The number of phenolic OH excluding ortho intramolecular Hbond substituents is 1. The second-order valence-corrected chi connectivity index (χ2v) is 5.86. The number of nitrogens with two attached hydrogens (primary N) is 1. The predicted molar refractivity (Wildman–Crippen MR) is 85.5 cm³/mol. The first-order valence-electron chi connectivity index (χ1n) is 8.05. The Bertz CT molecular complexity index is 499. The van der Waals surface area contributed by atoms with Gasteiger partial charge in [0.15, 0.2) is 0 Å². The summed E-state index contributed by atoms with van der Waals surface area (Å²) in [6.07, 6.45) is 4.14. The van der Waals surface area contributed by atoms with E-state index in [9.17, 15) is 9.90 Å². The Labute approximate surface area is 132 Å². The first-order chi connectivity index (χ1) is 10.6. The first kappa shape index (κ1) is 16.8. The van der Waals surface area contributed by atoms with Crippen LogP contribution in [0.25, 0.3) is 0 Å². The Kier molecular flexibility index (Phi) is 6.21. The highest BCUT2D eigenvalue weighted by Gasteiger charge is 2.17. The van der Waals surface area contributed by atoms with Crippen LogP contribution in [-0.4, -0.2) is 41.7 Å². The van der Waals surface area contributed by atoms with Gasteiger partial charge in [-0.25, -0.2) is 0 Å². The molecule has 0 radical (unpaired) electrons. The van der Waals surface area contributed by atoms with Crippen molar-refractivity contribution in [1.29, 1.82) is 0 Å². The molecule has 0 bridgehead atoms. The molecule has 0 amide bonds. The molecule has 1 saturated heterocycles. The fourth-order valence-electron chi connectivity index (χ4n) is 2.84. The third kappa shape index (κ3) is 4.71. The van der Waals surface area contributed by atoms with Gasteiger partial charge in [-0.3, -0.25) is 9.69 Å². The van der Waals surface area contributed by atoms with Crippen LogP contribution >= 0.6 is 0 Å². The van der Waals surface area contributed by atoms with E-state index in [-0.39, 0.29) is 5.97 Å². The molecule has 3 N–H and O–H groups in total. The number of piperidine rings is 1. The number of esters is 1. The van der Waals surface area contributed by atoms with Gasteiger partial charge in [0.25, 0.3) is 0 Å². The van der Waals surface area contributed by atoms with Crippen molar-refractivity contribution in [3.63, 3.8) is 0 Å². The number of likely N-dealkylation sites (tertiary alicyclic amines) is 1. The lowest BCUT2D eigenvalue weighted by Gasteiger charge is -2.26. The summed E-state index contributed by atoms with van der Waals surface area (Å²) in [5.41, 5.74) is 7.71. The van der Waals surface area contributed by atoms with Crippen LogP contribution in [0.3, 0.4) is 0 Å². The van der Waals surface area contributed by atoms with Gasteiger partial charge in [-0.15, -0.1) is 0 Å². The summed E-state index contributed by atoms with van der Waals surface area (Å²) in [7, 11) is 0. The van der Waals surface area contributed by atoms with E-state index in [1.807, 2.05) is 12.1 Å². The molecule has 122 valence electrons. The van der Waals surface area contributed by atoms with Crippen LogP contribution in [0.4, 0.5) is 0 Å². The average molecular weight is 306 g/mol. The maximum Gasteiger partial charge on any atom is 0.323 e. The average Bonchev–Trinajstić information content (AvgIpc) is 2.52. The lowest BCUT2D eigenvalue weighted by molar-refractivity contribution is -0.144. The van der Waals surface area contributed by atoms with Gasteiger partial charge < -0.3 is 15.6 Å². The van der Waals surface area contributed by atoms with E-state index in [0.29, 0.717) is 18.8 Å². The first-order valence-corrected chi connectivity index (χ1v) is 8.05. The van der Waals surface area contributed by atoms with Crippen LogP contribution in [-0.2, 0) is 22.5 Å². The van der Waals surface area contributed by atoms with Gasteiger partial charge in [0.1, 0.15) is 11.8 Å². The number of ether oxygens (including phenoxy) is 1. The van der Waals surface area contributed by atoms with Crippen molar-refractivity contribution < 1.29 is 14.6 Å². The number of phenols is 1. The maximum absolute atomic E-state index is 11.6. The molecule has 1 aromatic carbocycles. The highest BCUT2D eigenvalue weighted by atomic mass is 16.5. The third-order valence-electron chi connectivity index (χ3n) is 4.03. The fourth-order valence-corrected chi connectivity index (χ4v) is 2.84. The lowest BCUT2D eigenvalue weighted by atomic mass is 10.0. The molecule has 1 unspecified atom stereocenters. The summed E-state index contributed by atoms with van der Waals surface area (Å²) in [5, 5.41) is 10.0. The Balaban J connectivity index is 2.01. The molecule has 1 atom stereocenters. The zero-order chi connectivity index (χ0) is 15.9. The molecule has 1 aromatic rings. The number of hydrogen-bond acceptors (Lipinski definition) is 5. The van der Waals surface area contributed by atoms with Crippen LogP contribution in [0.15, 0.2) is 18.2 Å². The van der Waals surface area contributed by atoms with Gasteiger partial charge in [-0.1, -0.05) is 18.6 Å². The number of carbonyl (C=O) groups excluding carboxylic acids is 1. The lowest BCUT2D eigenvalue weighted by Crippen LogP contribution is -2.34. The van der Waals surface area contributed by atoms with Crippen molar-refractivity contribution in [1.82, 2.24) is 4.90 Å². The van der Waals surface area contributed by atoms with E-state index in [1.165, 1.54) is 19.3 Å². The van der Waals surface area contributed by atoms with Gasteiger partial charge >= 0.3 is 5.97 Å². The minimum absolute atomic E-state index is 0.305. The van der Waals surface area contributed by atoms with Crippen LogP contribution in [0.1, 0.15) is 37.3 Å². The minimum atomic E-state index is -0.660. The van der Waals surface area contributed by atoms with Gasteiger partial charge in [0, 0.05) is 12.1 Å². The molecule has 1 aliphatic rings. The zero-order valence-corrected chi connectivity index (χ0v) is 13.3. The molecular formula is C17H26N2O3. The fraction of sp³-hybridized carbons (Fsp3) is 0.588. The molecule has 1 aliphatic heterocycles. The molecule has 2 rings (SSSR count). The van der Waals surface area contributed by atoms with Crippen molar-refractivity contribution in [3.05, 3.63) is 29.3 Å². The molecule has 0 aromatic heterocycles. The molecule has 0 spiro atoms. The summed E-state index contributed by atoms with van der Waals surface area (Å²) >= 11 is 0. The summed E-state index contributed by atoms with van der Waals surface area (Å²) < 4.78 is 4.93. The highest BCUT2D eigenvalue weighted by Crippen LogP contribution is 2.22. The Morgan fingerprint density at radius 2 is 2.09 bits per heavy atom. The summed E-state index contributed by atoms with van der Waals surface area (Å²) in [6.45, 7) is 5.00. The van der Waals surface area contributed by atoms with E-state index in [2.05, 4.69) is 4.90 Å². The van der Waals surface area contributed by atoms with Gasteiger partial charge in [-0.05, 0) is 50.9 Å². The van der Waals surface area contributed by atoms with Gasteiger partial charge in [0.2, 0.25) is 0 Å². The normalized spacial score (nSPS) is 17.2. The SMILES string of the molecule is CCOC(=O)C(N)Cc1ccc(O)c(CN2CCCCC2)c1. The summed E-state index contributed by atoms with van der Waals surface area (Å²) in [5.74, 6) is -0.0767. The highest BCUT2D eigenvalue weighted by molar-refractivity contribution is 5.75. The zero-order valence-electron chi connectivity index (χ0n) is 13.3. The van der Waals surface area contributed by atoms with Crippen LogP contribution in [0, 0.1) is 0 Å². The van der Waals surface area contributed by atoms with Gasteiger partial charge in [-0.2, -0.15) is 0 Å². The molecule has 1 heterocycles. The van der Waals surface area contributed by atoms with Crippen LogP contribution in [0.5, 0.6) is 5.75 Å². The second kappa shape index (κ2) is 8.15. The van der Waals surface area contributed by atoms with Gasteiger partial charge in [0.05, 0.1) is 6.61 Å². The van der Waals surface area contributed by atoms with Crippen molar-refractivity contribution in [3.8, 4) is 5.75 Å². The molecule has 0 saturated carbocycles. The molecule has 5 nitrogen and oxygen atoms in total. The number of carbonyl (C=O) groups is 1. The van der Waals surface area contributed by atoms with Crippen molar-refractivity contribution >= 4 is 5.97 Å². The van der Waals surface area contributed by atoms with Crippen LogP contribution < -0.4 is 5.73 Å². The Hall–Kier alpha value is -1.59. The van der Waals surface area contributed by atoms with Crippen LogP contribution in [0.2, 0.25) is 0 Å². The molecule has 5 heteroatoms. The standard InChI is InChI=1S/C17H26N2O3/c1-2-22-17(21)15(18)11-13-6-7-16(20)14(10-13)12-19-8-4-3-5-9-19/h6-7,10,15,20H,2-5,8-9,11-12,18H2,1H3. The third-order valence-corrected chi connectivity index (χ3v) is 4.03. The van der Waals surface area contributed by atoms with E-state index >= 15 is 0 Å². The van der Waals surface area contributed by atoms with E-state index in [0.717, 1.165) is 30.8 Å². The van der Waals surface area contributed by atoms with Crippen molar-refractivity contribution in [2.75, 3.05) is 19.7 Å². The quantitative estimate of drug-likeness (QED) is 0.784. The number of benzene rings is 1. The van der Waals surface area contributed by atoms with E-state index in [4.69, 9.17) is 10.5 Å². The largest absolute Gasteiger partial charge is 0.508 e. The monoisotopic (exact) mass is 306 g/mol. The predicted octanol–water partition coefficient (Wildman–Crippen LogP) is 1.81. The number of nitrogens with zero attached hydrogens (tertiary/aromatic N) is 1. The maximum atomic E-state index is 11.6. The Morgan fingerprint density at radius 3 is 2.77 bits per heavy atom. The van der Waals surface area contributed by atoms with E-state index < -0.39 is 6.04 Å². The topological polar surface area (TPSA) is 75.8 Å². The molecular weight excluding hydrogens is 280 g/mol. The van der Waals surface area contributed by atoms with E-state index in [1.54, 1.807) is 13.0 Å². The summed E-state index contributed by atoms with van der Waals surface area (Å²) in [4.78, 5) is 14.0.